The molecule has 0 fully saturated rings. The monoisotopic (exact) mass is 247 g/mol. The van der Waals surface area contributed by atoms with Crippen molar-refractivity contribution >= 4 is 15.9 Å². The van der Waals surface area contributed by atoms with Gasteiger partial charge in [-0.2, -0.15) is 0 Å². The average Bonchev–Trinajstić information content (AvgIpc) is 2.03. The van der Waals surface area contributed by atoms with E-state index >= 15 is 0 Å². The van der Waals surface area contributed by atoms with Crippen molar-refractivity contribution in [3.05, 3.63) is 34.1 Å². The van der Waals surface area contributed by atoms with Gasteiger partial charge in [-0.3, -0.25) is 0 Å². The Morgan fingerprint density at radius 1 is 1.54 bits per heavy atom. The van der Waals surface area contributed by atoms with Gasteiger partial charge in [-0.25, -0.2) is 4.39 Å². The summed E-state index contributed by atoms with van der Waals surface area (Å²) in [7, 11) is 0. The maximum Gasteiger partial charge on any atom is 0.124 e. The highest BCUT2D eigenvalue weighted by Crippen LogP contribution is 2.24. The summed E-state index contributed by atoms with van der Waals surface area (Å²) >= 11 is 3.18. The summed E-state index contributed by atoms with van der Waals surface area (Å²) in [4.78, 5) is 0. The molecule has 13 heavy (non-hydrogen) atoms. The topological polar surface area (TPSA) is 46.2 Å². The van der Waals surface area contributed by atoms with E-state index in [1.165, 1.54) is 12.1 Å². The van der Waals surface area contributed by atoms with Crippen LogP contribution < -0.4 is 5.73 Å². The van der Waals surface area contributed by atoms with Crippen molar-refractivity contribution in [2.45, 2.75) is 19.1 Å². The van der Waals surface area contributed by atoms with Gasteiger partial charge in [0.2, 0.25) is 0 Å². The first-order valence-electron chi connectivity index (χ1n) is 3.91. The molecule has 0 heterocycles. The van der Waals surface area contributed by atoms with Crippen molar-refractivity contribution in [3.63, 3.8) is 0 Å². The molecule has 2 atom stereocenters. The molecule has 1 aromatic rings. The van der Waals surface area contributed by atoms with Crippen LogP contribution in [0.2, 0.25) is 0 Å². The molecule has 0 saturated carbocycles. The van der Waals surface area contributed by atoms with Gasteiger partial charge in [0.1, 0.15) is 5.82 Å². The molecule has 4 heteroatoms. The second-order valence-electron chi connectivity index (χ2n) is 2.93. The molecule has 0 spiro atoms. The molecule has 0 aliphatic heterocycles. The van der Waals surface area contributed by atoms with Crippen molar-refractivity contribution < 1.29 is 9.50 Å². The smallest absolute Gasteiger partial charge is 0.124 e. The van der Waals surface area contributed by atoms with Crippen LogP contribution in [0.15, 0.2) is 22.7 Å². The summed E-state index contributed by atoms with van der Waals surface area (Å²) < 4.78 is 13.3. The largest absolute Gasteiger partial charge is 0.391 e. The van der Waals surface area contributed by atoms with E-state index in [9.17, 15) is 9.50 Å². The fourth-order valence-electron chi connectivity index (χ4n) is 1.03. The molecule has 0 aromatic heterocycles. The Kier molecular flexibility index (Phi) is 3.41. The van der Waals surface area contributed by atoms with Gasteiger partial charge < -0.3 is 10.8 Å². The molecule has 0 radical (unpaired) electrons. The highest BCUT2D eigenvalue weighted by Gasteiger charge is 2.14. The molecule has 72 valence electrons. The fourth-order valence-corrected chi connectivity index (χ4v) is 1.65. The number of nitrogens with two attached hydrogens (primary N) is 1. The maximum atomic E-state index is 12.7. The first-order valence-corrected chi connectivity index (χ1v) is 4.70. The zero-order valence-corrected chi connectivity index (χ0v) is 8.75. The average molecular weight is 248 g/mol. The van der Waals surface area contributed by atoms with E-state index in [-0.39, 0.29) is 5.82 Å². The molecule has 2 nitrogen and oxygen atoms in total. The standard InChI is InChI=1S/C9H11BrFNO/c1-5(13)9(12)7-3-2-6(11)4-8(7)10/h2-5,9,13H,12H2,1H3/t5?,9-/m1/s1. The van der Waals surface area contributed by atoms with Crippen LogP contribution in [0.1, 0.15) is 18.5 Å². The van der Waals surface area contributed by atoms with Crippen LogP contribution in [-0.4, -0.2) is 11.2 Å². The molecule has 3 N–H and O–H groups in total. The minimum absolute atomic E-state index is 0.326. The van der Waals surface area contributed by atoms with Crippen molar-refractivity contribution in [2.24, 2.45) is 5.73 Å². The van der Waals surface area contributed by atoms with E-state index in [2.05, 4.69) is 15.9 Å². The van der Waals surface area contributed by atoms with Gasteiger partial charge in [0.15, 0.2) is 0 Å². The van der Waals surface area contributed by atoms with Crippen molar-refractivity contribution in [1.82, 2.24) is 0 Å². The number of hydrogen-bond donors (Lipinski definition) is 2. The van der Waals surface area contributed by atoms with Crippen LogP contribution in [0.5, 0.6) is 0 Å². The number of aliphatic hydroxyl groups is 1. The zero-order valence-electron chi connectivity index (χ0n) is 7.17. The predicted octanol–water partition coefficient (Wildman–Crippen LogP) is 1.97. The van der Waals surface area contributed by atoms with E-state index in [0.29, 0.717) is 10.0 Å². The molecule has 1 rings (SSSR count). The third-order valence-electron chi connectivity index (χ3n) is 1.84. The summed E-state index contributed by atoms with van der Waals surface area (Å²) in [5.74, 6) is -0.326. The van der Waals surface area contributed by atoms with Crippen LogP contribution in [0.4, 0.5) is 4.39 Å². The fraction of sp³-hybridized carbons (Fsp3) is 0.333. The summed E-state index contributed by atoms with van der Waals surface area (Å²) in [5.41, 5.74) is 6.39. The normalized spacial score (nSPS) is 15.5. The number of benzene rings is 1. The lowest BCUT2D eigenvalue weighted by atomic mass is 10.0. The molecule has 0 aliphatic carbocycles. The van der Waals surface area contributed by atoms with Gasteiger partial charge in [0, 0.05) is 4.47 Å². The maximum absolute atomic E-state index is 12.7. The van der Waals surface area contributed by atoms with Gasteiger partial charge in [-0.05, 0) is 24.6 Å². The van der Waals surface area contributed by atoms with E-state index in [1.54, 1.807) is 13.0 Å². The molecule has 1 unspecified atom stereocenters. The first-order chi connectivity index (χ1) is 6.02. The lowest BCUT2D eigenvalue weighted by Gasteiger charge is -2.16. The third-order valence-corrected chi connectivity index (χ3v) is 2.53. The van der Waals surface area contributed by atoms with Gasteiger partial charge in [0.05, 0.1) is 12.1 Å². The first kappa shape index (κ1) is 10.6. The summed E-state index contributed by atoms with van der Waals surface area (Å²) in [6.07, 6.45) is -0.651. The zero-order chi connectivity index (χ0) is 10.0. The quantitative estimate of drug-likeness (QED) is 0.840. The number of aliphatic hydroxyl groups excluding tert-OH is 1. The van der Waals surface area contributed by atoms with Crippen LogP contribution >= 0.6 is 15.9 Å². The summed E-state index contributed by atoms with van der Waals surface area (Å²) in [6.45, 7) is 1.60. The molecule has 1 aromatic carbocycles. The van der Waals surface area contributed by atoms with E-state index in [1.807, 2.05) is 0 Å². The van der Waals surface area contributed by atoms with E-state index in [0.717, 1.165) is 0 Å². The Bertz CT molecular complexity index is 304. The Labute approximate surface area is 84.7 Å². The van der Waals surface area contributed by atoms with E-state index < -0.39 is 12.1 Å². The number of halogens is 2. The Balaban J connectivity index is 3.01. The van der Waals surface area contributed by atoms with Gasteiger partial charge >= 0.3 is 0 Å². The molecular weight excluding hydrogens is 237 g/mol. The van der Waals surface area contributed by atoms with Crippen LogP contribution in [0.25, 0.3) is 0 Å². The van der Waals surface area contributed by atoms with Crippen LogP contribution in [-0.2, 0) is 0 Å². The Morgan fingerprint density at radius 2 is 2.15 bits per heavy atom. The molecule has 0 saturated heterocycles. The molecule has 0 aliphatic rings. The lowest BCUT2D eigenvalue weighted by Crippen LogP contribution is -2.23. The lowest BCUT2D eigenvalue weighted by molar-refractivity contribution is 0.164. The highest BCUT2D eigenvalue weighted by atomic mass is 79.9. The molecular formula is C9H11BrFNO. The second-order valence-corrected chi connectivity index (χ2v) is 3.79. The Morgan fingerprint density at radius 3 is 2.62 bits per heavy atom. The minimum Gasteiger partial charge on any atom is -0.391 e. The third kappa shape index (κ3) is 2.49. The van der Waals surface area contributed by atoms with Gasteiger partial charge in [-0.1, -0.05) is 22.0 Å². The van der Waals surface area contributed by atoms with Crippen molar-refractivity contribution in [2.75, 3.05) is 0 Å². The summed E-state index contributed by atoms with van der Waals surface area (Å²) in [6, 6.07) is 3.73. The van der Waals surface area contributed by atoms with Gasteiger partial charge in [-0.15, -0.1) is 0 Å². The predicted molar refractivity (Wildman–Crippen MR) is 52.7 cm³/mol. The van der Waals surface area contributed by atoms with Crippen molar-refractivity contribution in [1.29, 1.82) is 0 Å². The van der Waals surface area contributed by atoms with Crippen LogP contribution in [0.3, 0.4) is 0 Å². The van der Waals surface area contributed by atoms with E-state index in [4.69, 9.17) is 5.73 Å². The SMILES string of the molecule is CC(O)[C@@H](N)c1ccc(F)cc1Br. The minimum atomic E-state index is -0.651. The molecule has 0 bridgehead atoms. The highest BCUT2D eigenvalue weighted by molar-refractivity contribution is 9.10. The number of hydrogen-bond acceptors (Lipinski definition) is 2. The Hall–Kier alpha value is -0.450. The summed E-state index contributed by atoms with van der Waals surface area (Å²) in [5, 5.41) is 9.23. The number of rotatable bonds is 2. The molecule has 0 amide bonds. The van der Waals surface area contributed by atoms with Crippen LogP contribution in [0, 0.1) is 5.82 Å². The van der Waals surface area contributed by atoms with Gasteiger partial charge in [0.25, 0.3) is 0 Å². The second kappa shape index (κ2) is 4.17. The van der Waals surface area contributed by atoms with Crippen molar-refractivity contribution in [3.8, 4) is 0 Å².